The van der Waals surface area contributed by atoms with E-state index in [4.69, 9.17) is 17.4 Å². The van der Waals surface area contributed by atoms with E-state index in [2.05, 4.69) is 53.4 Å². The Morgan fingerprint density at radius 3 is 2.55 bits per heavy atom. The smallest absolute Gasteiger partial charge is 0.0511 e. The number of rotatable bonds is 4. The van der Waals surface area contributed by atoms with E-state index < -0.39 is 0 Å². The zero-order chi connectivity index (χ0) is 14.7. The first-order valence-electron chi connectivity index (χ1n) is 6.48. The van der Waals surface area contributed by atoms with Gasteiger partial charge in [-0.3, -0.25) is 11.3 Å². The largest absolute Gasteiger partial charge is 0.271 e. The molecule has 0 amide bonds. The fourth-order valence-electron chi connectivity index (χ4n) is 2.21. The second-order valence-electron chi connectivity index (χ2n) is 5.01. The fourth-order valence-corrected chi connectivity index (χ4v) is 2.91. The molecule has 1 atom stereocenters. The van der Waals surface area contributed by atoms with E-state index in [9.17, 15) is 0 Å². The van der Waals surface area contributed by atoms with Gasteiger partial charge in [-0.05, 0) is 60.7 Å². The standard InChI is InChI=1S/C16H18BrClN2/c1-10-3-4-12(7-11(10)2)8-16(20-19)14-9-13(18)5-6-15(14)17/h3-7,9,16,20H,8,19H2,1-2H3. The molecule has 0 aliphatic rings. The molecule has 0 aliphatic heterocycles. The monoisotopic (exact) mass is 352 g/mol. The van der Waals surface area contributed by atoms with E-state index in [0.29, 0.717) is 5.02 Å². The zero-order valence-electron chi connectivity index (χ0n) is 11.6. The van der Waals surface area contributed by atoms with Crippen LogP contribution < -0.4 is 11.3 Å². The summed E-state index contributed by atoms with van der Waals surface area (Å²) >= 11 is 9.63. The molecule has 0 spiro atoms. The Kier molecular flexibility index (Phi) is 5.22. The lowest BCUT2D eigenvalue weighted by atomic mass is 9.97. The van der Waals surface area contributed by atoms with Gasteiger partial charge in [-0.15, -0.1) is 0 Å². The fraction of sp³-hybridized carbons (Fsp3) is 0.250. The number of nitrogens with one attached hydrogen (secondary N) is 1. The molecule has 2 aromatic rings. The van der Waals surface area contributed by atoms with Crippen LogP contribution in [0.2, 0.25) is 5.02 Å². The molecular weight excluding hydrogens is 336 g/mol. The van der Waals surface area contributed by atoms with Crippen molar-refractivity contribution in [1.82, 2.24) is 5.43 Å². The number of hydrazine groups is 1. The van der Waals surface area contributed by atoms with Crippen molar-refractivity contribution in [1.29, 1.82) is 0 Å². The maximum Gasteiger partial charge on any atom is 0.0511 e. The van der Waals surface area contributed by atoms with Gasteiger partial charge < -0.3 is 0 Å². The molecule has 0 bridgehead atoms. The van der Waals surface area contributed by atoms with Crippen LogP contribution in [-0.2, 0) is 6.42 Å². The lowest BCUT2D eigenvalue weighted by molar-refractivity contribution is 0.550. The number of benzene rings is 2. The van der Waals surface area contributed by atoms with Gasteiger partial charge >= 0.3 is 0 Å². The predicted octanol–water partition coefficient (Wildman–Crippen LogP) is 4.47. The Balaban J connectivity index is 2.28. The van der Waals surface area contributed by atoms with Gasteiger partial charge in [0, 0.05) is 9.50 Å². The molecule has 0 aromatic heterocycles. The lowest BCUT2D eigenvalue weighted by Gasteiger charge is -2.19. The van der Waals surface area contributed by atoms with Crippen LogP contribution in [0.1, 0.15) is 28.3 Å². The number of hydrogen-bond acceptors (Lipinski definition) is 2. The molecule has 3 N–H and O–H groups in total. The Hall–Kier alpha value is -0.870. The van der Waals surface area contributed by atoms with Gasteiger partial charge in [-0.25, -0.2) is 0 Å². The maximum atomic E-state index is 6.08. The summed E-state index contributed by atoms with van der Waals surface area (Å²) in [6.45, 7) is 4.24. The van der Waals surface area contributed by atoms with E-state index in [-0.39, 0.29) is 6.04 Å². The van der Waals surface area contributed by atoms with Crippen molar-refractivity contribution in [3.8, 4) is 0 Å². The third kappa shape index (κ3) is 3.61. The SMILES string of the molecule is Cc1ccc(CC(NN)c2cc(Cl)ccc2Br)cc1C. The minimum atomic E-state index is 0.0187. The zero-order valence-corrected chi connectivity index (χ0v) is 13.9. The summed E-state index contributed by atoms with van der Waals surface area (Å²) in [6.07, 6.45) is 0.816. The first kappa shape index (κ1) is 15.5. The third-order valence-corrected chi connectivity index (χ3v) is 4.50. The van der Waals surface area contributed by atoms with Crippen LogP contribution in [0, 0.1) is 13.8 Å². The summed E-state index contributed by atoms with van der Waals surface area (Å²) < 4.78 is 1.01. The molecule has 2 aromatic carbocycles. The summed E-state index contributed by atoms with van der Waals surface area (Å²) in [7, 11) is 0. The molecule has 2 rings (SSSR count). The lowest BCUT2D eigenvalue weighted by Crippen LogP contribution is -2.29. The van der Waals surface area contributed by atoms with Crippen LogP contribution in [0.3, 0.4) is 0 Å². The van der Waals surface area contributed by atoms with E-state index in [1.165, 1.54) is 16.7 Å². The van der Waals surface area contributed by atoms with Crippen LogP contribution in [0.15, 0.2) is 40.9 Å². The van der Waals surface area contributed by atoms with Crippen molar-refractivity contribution in [2.45, 2.75) is 26.3 Å². The summed E-state index contributed by atoms with van der Waals surface area (Å²) in [5.41, 5.74) is 7.80. The summed E-state index contributed by atoms with van der Waals surface area (Å²) in [5.74, 6) is 5.73. The summed E-state index contributed by atoms with van der Waals surface area (Å²) in [4.78, 5) is 0. The highest BCUT2D eigenvalue weighted by Crippen LogP contribution is 2.28. The molecule has 0 radical (unpaired) electrons. The van der Waals surface area contributed by atoms with Gasteiger partial charge in [0.1, 0.15) is 0 Å². The minimum absolute atomic E-state index is 0.0187. The number of nitrogens with two attached hydrogens (primary N) is 1. The van der Waals surface area contributed by atoms with Gasteiger partial charge in [0.15, 0.2) is 0 Å². The van der Waals surface area contributed by atoms with Crippen LogP contribution in [-0.4, -0.2) is 0 Å². The third-order valence-electron chi connectivity index (χ3n) is 3.55. The Morgan fingerprint density at radius 1 is 1.15 bits per heavy atom. The predicted molar refractivity (Wildman–Crippen MR) is 88.8 cm³/mol. The Bertz CT molecular complexity index is 613. The molecule has 0 heterocycles. The van der Waals surface area contributed by atoms with Gasteiger partial charge in [0.05, 0.1) is 6.04 Å². The van der Waals surface area contributed by atoms with Crippen molar-refractivity contribution in [3.05, 3.63) is 68.1 Å². The van der Waals surface area contributed by atoms with Crippen LogP contribution in [0.5, 0.6) is 0 Å². The average Bonchev–Trinajstić information content (AvgIpc) is 2.43. The second kappa shape index (κ2) is 6.72. The van der Waals surface area contributed by atoms with E-state index >= 15 is 0 Å². The molecular formula is C16H18BrClN2. The highest BCUT2D eigenvalue weighted by Gasteiger charge is 2.14. The first-order valence-corrected chi connectivity index (χ1v) is 7.65. The minimum Gasteiger partial charge on any atom is -0.271 e. The molecule has 0 saturated carbocycles. The highest BCUT2D eigenvalue weighted by molar-refractivity contribution is 9.10. The summed E-state index contributed by atoms with van der Waals surface area (Å²) in [6, 6.07) is 12.3. The summed E-state index contributed by atoms with van der Waals surface area (Å²) in [5, 5.41) is 0.712. The van der Waals surface area contributed by atoms with E-state index in [0.717, 1.165) is 16.5 Å². The van der Waals surface area contributed by atoms with Gasteiger partial charge in [-0.2, -0.15) is 0 Å². The van der Waals surface area contributed by atoms with Crippen LogP contribution >= 0.6 is 27.5 Å². The van der Waals surface area contributed by atoms with E-state index in [1.807, 2.05) is 18.2 Å². The van der Waals surface area contributed by atoms with Crippen molar-refractivity contribution in [3.63, 3.8) is 0 Å². The number of aryl methyl sites for hydroxylation is 2. The molecule has 20 heavy (non-hydrogen) atoms. The Labute approximate surface area is 133 Å². The van der Waals surface area contributed by atoms with Gasteiger partial charge in [0.25, 0.3) is 0 Å². The van der Waals surface area contributed by atoms with Crippen molar-refractivity contribution in [2.75, 3.05) is 0 Å². The normalized spacial score (nSPS) is 12.4. The maximum absolute atomic E-state index is 6.08. The number of halogens is 2. The Morgan fingerprint density at radius 2 is 1.90 bits per heavy atom. The van der Waals surface area contributed by atoms with Crippen LogP contribution in [0.25, 0.3) is 0 Å². The topological polar surface area (TPSA) is 38.0 Å². The molecule has 2 nitrogen and oxygen atoms in total. The van der Waals surface area contributed by atoms with Crippen molar-refractivity contribution in [2.24, 2.45) is 5.84 Å². The number of hydrogen-bond donors (Lipinski definition) is 2. The van der Waals surface area contributed by atoms with Gasteiger partial charge in [-0.1, -0.05) is 45.7 Å². The first-order chi connectivity index (χ1) is 9.51. The molecule has 4 heteroatoms. The molecule has 1 unspecified atom stereocenters. The second-order valence-corrected chi connectivity index (χ2v) is 6.30. The molecule has 0 fully saturated rings. The molecule has 0 aliphatic carbocycles. The van der Waals surface area contributed by atoms with Gasteiger partial charge in [0.2, 0.25) is 0 Å². The molecule has 0 saturated heterocycles. The van der Waals surface area contributed by atoms with Crippen molar-refractivity contribution >= 4 is 27.5 Å². The highest BCUT2D eigenvalue weighted by atomic mass is 79.9. The quantitative estimate of drug-likeness (QED) is 0.629. The van der Waals surface area contributed by atoms with E-state index in [1.54, 1.807) is 0 Å². The molecule has 106 valence electrons. The van der Waals surface area contributed by atoms with Crippen LogP contribution in [0.4, 0.5) is 0 Å². The average molecular weight is 354 g/mol. The van der Waals surface area contributed by atoms with Crippen molar-refractivity contribution < 1.29 is 0 Å².